The maximum absolute atomic E-state index is 12.7. The van der Waals surface area contributed by atoms with E-state index in [1.54, 1.807) is 10.4 Å². The molecular formula is C12H20N2O2S3. The minimum Gasteiger partial charge on any atom is -0.326 e. The number of thiophene rings is 1. The van der Waals surface area contributed by atoms with Gasteiger partial charge in [0.2, 0.25) is 0 Å². The summed E-state index contributed by atoms with van der Waals surface area (Å²) in [6.45, 7) is 6.97. The van der Waals surface area contributed by atoms with Crippen LogP contribution in [0.25, 0.3) is 0 Å². The summed E-state index contributed by atoms with van der Waals surface area (Å²) in [5.41, 5.74) is 6.60. The number of aryl methyl sites for hydroxylation is 1. The molecule has 7 heteroatoms. The molecule has 4 nitrogen and oxygen atoms in total. The lowest BCUT2D eigenvalue weighted by Crippen LogP contribution is -2.47. The zero-order chi connectivity index (χ0) is 14.2. The van der Waals surface area contributed by atoms with E-state index in [1.165, 1.54) is 11.3 Å². The van der Waals surface area contributed by atoms with Crippen LogP contribution in [0.2, 0.25) is 0 Å². The number of sulfonamides is 1. The molecule has 0 amide bonds. The SMILES string of the molecule is Cc1cc(S(=O)(=O)N2CCSC(C)C2C)sc1CN. The number of nitrogens with zero attached hydrogens (tertiary/aromatic N) is 1. The Labute approximate surface area is 123 Å². The van der Waals surface area contributed by atoms with Crippen LogP contribution in [0.15, 0.2) is 10.3 Å². The first-order chi connectivity index (χ1) is 8.87. The average Bonchev–Trinajstić information content (AvgIpc) is 2.74. The van der Waals surface area contributed by atoms with Gasteiger partial charge in [-0.3, -0.25) is 0 Å². The van der Waals surface area contributed by atoms with Crippen molar-refractivity contribution in [2.75, 3.05) is 12.3 Å². The van der Waals surface area contributed by atoms with Crippen LogP contribution in [-0.4, -0.2) is 36.3 Å². The monoisotopic (exact) mass is 320 g/mol. The molecule has 2 atom stereocenters. The third kappa shape index (κ3) is 2.85. The molecule has 0 aliphatic carbocycles. The maximum Gasteiger partial charge on any atom is 0.252 e. The molecule has 2 N–H and O–H groups in total. The molecule has 0 saturated carbocycles. The fraction of sp³-hybridized carbons (Fsp3) is 0.667. The van der Waals surface area contributed by atoms with Crippen molar-refractivity contribution in [3.8, 4) is 0 Å². The van der Waals surface area contributed by atoms with Crippen molar-refractivity contribution in [1.82, 2.24) is 4.31 Å². The average molecular weight is 321 g/mol. The van der Waals surface area contributed by atoms with Crippen molar-refractivity contribution in [3.63, 3.8) is 0 Å². The molecule has 2 heterocycles. The third-order valence-electron chi connectivity index (χ3n) is 3.57. The Morgan fingerprint density at radius 2 is 2.16 bits per heavy atom. The molecule has 0 aromatic carbocycles. The quantitative estimate of drug-likeness (QED) is 0.925. The Balaban J connectivity index is 2.35. The van der Waals surface area contributed by atoms with Gasteiger partial charge in [0.05, 0.1) is 0 Å². The van der Waals surface area contributed by atoms with Gasteiger partial charge in [-0.15, -0.1) is 11.3 Å². The molecule has 1 fully saturated rings. The lowest BCUT2D eigenvalue weighted by Gasteiger charge is -2.35. The minimum atomic E-state index is -3.37. The second-order valence-electron chi connectivity index (χ2n) is 4.81. The summed E-state index contributed by atoms with van der Waals surface area (Å²) in [5, 5.41) is 0.332. The molecule has 0 spiro atoms. The second-order valence-corrected chi connectivity index (χ2v) is 9.55. The van der Waals surface area contributed by atoms with Gasteiger partial charge in [0.1, 0.15) is 4.21 Å². The summed E-state index contributed by atoms with van der Waals surface area (Å²) >= 11 is 3.13. The maximum atomic E-state index is 12.7. The summed E-state index contributed by atoms with van der Waals surface area (Å²) in [5.74, 6) is 0.860. The summed E-state index contributed by atoms with van der Waals surface area (Å²) in [7, 11) is -3.37. The molecule has 108 valence electrons. The van der Waals surface area contributed by atoms with Crippen LogP contribution in [0.5, 0.6) is 0 Å². The van der Waals surface area contributed by atoms with E-state index < -0.39 is 10.0 Å². The normalized spacial score (nSPS) is 25.7. The van der Waals surface area contributed by atoms with Gasteiger partial charge in [-0.2, -0.15) is 16.1 Å². The first-order valence-corrected chi connectivity index (χ1v) is 9.61. The fourth-order valence-corrected chi connectivity index (χ4v) is 6.77. The van der Waals surface area contributed by atoms with Gasteiger partial charge in [0, 0.05) is 35.0 Å². The lowest BCUT2D eigenvalue weighted by molar-refractivity contribution is 0.341. The number of rotatable bonds is 3. The summed E-state index contributed by atoms with van der Waals surface area (Å²) in [6, 6.07) is 1.79. The fourth-order valence-electron chi connectivity index (χ4n) is 2.18. The van der Waals surface area contributed by atoms with Gasteiger partial charge in [-0.25, -0.2) is 8.42 Å². The van der Waals surface area contributed by atoms with E-state index in [0.717, 1.165) is 16.2 Å². The predicted octanol–water partition coefficient (Wildman–Crippen LogP) is 2.03. The Morgan fingerprint density at radius 1 is 1.47 bits per heavy atom. The zero-order valence-corrected chi connectivity index (χ0v) is 13.9. The van der Waals surface area contributed by atoms with Crippen molar-refractivity contribution < 1.29 is 8.42 Å². The van der Waals surface area contributed by atoms with Gasteiger partial charge in [-0.1, -0.05) is 6.92 Å². The molecule has 1 saturated heterocycles. The Hall–Kier alpha value is -0.0800. The molecule has 0 bridgehead atoms. The van der Waals surface area contributed by atoms with Gasteiger partial charge in [0.25, 0.3) is 10.0 Å². The second kappa shape index (κ2) is 5.73. The Kier molecular flexibility index (Phi) is 4.62. The summed E-state index contributed by atoms with van der Waals surface area (Å²) < 4.78 is 27.5. The Bertz CT molecular complexity index is 553. The van der Waals surface area contributed by atoms with Gasteiger partial charge < -0.3 is 5.73 Å². The van der Waals surface area contributed by atoms with E-state index in [4.69, 9.17) is 5.73 Å². The topological polar surface area (TPSA) is 63.4 Å². The van der Waals surface area contributed by atoms with E-state index in [0.29, 0.717) is 22.5 Å². The minimum absolute atomic E-state index is 0.0347. The zero-order valence-electron chi connectivity index (χ0n) is 11.4. The molecule has 2 rings (SSSR count). The van der Waals surface area contributed by atoms with Crippen LogP contribution in [0.1, 0.15) is 24.3 Å². The highest BCUT2D eigenvalue weighted by atomic mass is 32.2. The van der Waals surface area contributed by atoms with Crippen molar-refractivity contribution in [3.05, 3.63) is 16.5 Å². The molecule has 2 unspecified atom stereocenters. The smallest absolute Gasteiger partial charge is 0.252 e. The standard InChI is InChI=1S/C12H20N2O2S3/c1-8-6-12(18-11(8)7-13)19(15,16)14-4-5-17-10(3)9(14)2/h6,9-10H,4-5,7,13H2,1-3H3. The van der Waals surface area contributed by atoms with Crippen LogP contribution >= 0.6 is 23.1 Å². The van der Waals surface area contributed by atoms with Gasteiger partial charge >= 0.3 is 0 Å². The van der Waals surface area contributed by atoms with Crippen LogP contribution in [0.3, 0.4) is 0 Å². The van der Waals surface area contributed by atoms with Crippen LogP contribution in [0, 0.1) is 6.92 Å². The molecule has 19 heavy (non-hydrogen) atoms. The lowest BCUT2D eigenvalue weighted by atomic mass is 10.2. The van der Waals surface area contributed by atoms with E-state index in [2.05, 4.69) is 6.92 Å². The molecule has 1 aliphatic rings. The highest BCUT2D eigenvalue weighted by Gasteiger charge is 2.35. The van der Waals surface area contributed by atoms with Crippen LogP contribution in [0.4, 0.5) is 0 Å². The number of nitrogens with two attached hydrogens (primary N) is 1. The van der Waals surface area contributed by atoms with Crippen LogP contribution in [-0.2, 0) is 16.6 Å². The summed E-state index contributed by atoms with van der Waals surface area (Å²) in [6.07, 6.45) is 0. The molecule has 1 aromatic rings. The largest absolute Gasteiger partial charge is 0.326 e. The molecule has 0 radical (unpaired) electrons. The number of thioether (sulfide) groups is 1. The third-order valence-corrected chi connectivity index (χ3v) is 8.61. The first kappa shape index (κ1) is 15.3. The van der Waals surface area contributed by atoms with E-state index in [9.17, 15) is 8.42 Å². The first-order valence-electron chi connectivity index (χ1n) is 6.30. The van der Waals surface area contributed by atoms with E-state index >= 15 is 0 Å². The van der Waals surface area contributed by atoms with Crippen molar-refractivity contribution >= 4 is 33.1 Å². The Morgan fingerprint density at radius 3 is 2.74 bits per heavy atom. The van der Waals surface area contributed by atoms with E-state index in [-0.39, 0.29) is 6.04 Å². The van der Waals surface area contributed by atoms with Crippen molar-refractivity contribution in [2.24, 2.45) is 5.73 Å². The number of hydrogen-bond acceptors (Lipinski definition) is 5. The predicted molar refractivity (Wildman–Crippen MR) is 82.2 cm³/mol. The van der Waals surface area contributed by atoms with Crippen molar-refractivity contribution in [1.29, 1.82) is 0 Å². The number of hydrogen-bond donors (Lipinski definition) is 1. The molecular weight excluding hydrogens is 300 g/mol. The van der Waals surface area contributed by atoms with E-state index in [1.807, 2.05) is 25.6 Å². The highest BCUT2D eigenvalue weighted by Crippen LogP contribution is 2.33. The molecule has 1 aromatic heterocycles. The highest BCUT2D eigenvalue weighted by molar-refractivity contribution is 8.00. The van der Waals surface area contributed by atoms with Crippen LogP contribution < -0.4 is 5.73 Å². The van der Waals surface area contributed by atoms with Crippen molar-refractivity contribution in [2.45, 2.75) is 42.8 Å². The van der Waals surface area contributed by atoms with Gasteiger partial charge in [-0.05, 0) is 25.5 Å². The summed E-state index contributed by atoms with van der Waals surface area (Å²) in [4.78, 5) is 0.950. The molecule has 1 aliphatic heterocycles. The van der Waals surface area contributed by atoms with Gasteiger partial charge in [0.15, 0.2) is 0 Å².